The summed E-state index contributed by atoms with van der Waals surface area (Å²) in [5.74, 6) is 0.796. The first-order chi connectivity index (χ1) is 10.1. The van der Waals surface area contributed by atoms with E-state index in [0.717, 1.165) is 37.7 Å². The molecule has 0 atom stereocenters. The van der Waals surface area contributed by atoms with Gasteiger partial charge in [0.15, 0.2) is 0 Å². The Morgan fingerprint density at radius 2 is 1.81 bits per heavy atom. The van der Waals surface area contributed by atoms with Crippen molar-refractivity contribution in [1.29, 1.82) is 0 Å². The van der Waals surface area contributed by atoms with Gasteiger partial charge in [0.25, 0.3) is 0 Å². The first-order valence-corrected chi connectivity index (χ1v) is 11.6. The Kier molecular flexibility index (Phi) is 4.22. The number of benzene rings is 2. The molecule has 0 heterocycles. The van der Waals surface area contributed by atoms with Crippen LogP contribution in [0.15, 0.2) is 48.5 Å². The number of halogens is 2. The van der Waals surface area contributed by atoms with Crippen molar-refractivity contribution in [1.82, 2.24) is 0 Å². The second kappa shape index (κ2) is 5.97. The van der Waals surface area contributed by atoms with Crippen molar-refractivity contribution in [3.63, 3.8) is 0 Å². The molecule has 0 spiro atoms. The van der Waals surface area contributed by atoms with Crippen molar-refractivity contribution in [2.24, 2.45) is 0 Å². The number of ether oxygens (including phenoxy) is 1. The minimum atomic E-state index is -2.02. The predicted octanol–water partition coefficient (Wildman–Crippen LogP) is 4.77. The molecular weight excluding hydrogens is 392 g/mol. The Bertz CT molecular complexity index is 760. The van der Waals surface area contributed by atoms with Crippen molar-refractivity contribution in [2.45, 2.75) is 0 Å². The van der Waals surface area contributed by atoms with Crippen molar-refractivity contribution < 1.29 is 18.3 Å². The van der Waals surface area contributed by atoms with E-state index in [1.807, 2.05) is 30.3 Å². The van der Waals surface area contributed by atoms with Gasteiger partial charge in [0.05, 0.1) is 0 Å². The molecule has 1 nitrogen and oxygen atoms in total. The zero-order valence-corrected chi connectivity index (χ0v) is 14.6. The summed E-state index contributed by atoms with van der Waals surface area (Å²) >= 11 is -2.02. The van der Waals surface area contributed by atoms with Crippen LogP contribution >= 0.6 is 19.4 Å². The molecule has 0 bridgehead atoms. The normalized spacial score (nSPS) is 13.8. The topological polar surface area (TPSA) is 9.23 Å². The molecule has 2 aromatic rings. The molecule has 0 saturated carbocycles. The maximum atomic E-state index is 6.28. The summed E-state index contributed by atoms with van der Waals surface area (Å²) < 4.78 is 6.40. The zero-order valence-electron chi connectivity index (χ0n) is 11.3. The molecule has 0 radical (unpaired) electrons. The van der Waals surface area contributed by atoms with E-state index >= 15 is 0 Å². The van der Waals surface area contributed by atoms with Gasteiger partial charge in [-0.25, -0.2) is 0 Å². The van der Waals surface area contributed by atoms with Gasteiger partial charge in [0.2, 0.25) is 0 Å². The Morgan fingerprint density at radius 3 is 2.43 bits per heavy atom. The molecule has 1 aliphatic carbocycles. The summed E-state index contributed by atoms with van der Waals surface area (Å²) in [4.78, 5) is 0. The number of hydrogen-bond donors (Lipinski definition) is 0. The summed E-state index contributed by atoms with van der Waals surface area (Å²) in [6, 6.07) is 14.2. The average Bonchev–Trinajstić information content (AvgIpc) is 2.88. The third-order valence-electron chi connectivity index (χ3n) is 3.45. The van der Waals surface area contributed by atoms with Crippen molar-refractivity contribution >= 4 is 29.1 Å². The number of hydrogen-bond acceptors (Lipinski definition) is 1. The molecule has 0 amide bonds. The summed E-state index contributed by atoms with van der Waals surface area (Å²) in [6.45, 7) is 4.13. The molecule has 0 aliphatic heterocycles. The van der Waals surface area contributed by atoms with Crippen LogP contribution in [0.2, 0.25) is 0 Å². The second-order valence-corrected chi connectivity index (χ2v) is 10.5. The molecule has 0 N–H and O–H groups in total. The van der Waals surface area contributed by atoms with Gasteiger partial charge in [-0.2, -0.15) is 0 Å². The molecule has 0 fully saturated rings. The Morgan fingerprint density at radius 1 is 1.10 bits per heavy atom. The third kappa shape index (κ3) is 2.69. The van der Waals surface area contributed by atoms with Gasteiger partial charge >= 0.3 is 138 Å². The molecule has 4 heteroatoms. The SMILES string of the molecule is [CH2+]c1cc(OC)cc2c1[C](=[Ru]([Cl])[Cl])C=C2c1ccccc1. The van der Waals surface area contributed by atoms with E-state index in [2.05, 4.69) is 25.1 Å². The van der Waals surface area contributed by atoms with E-state index < -0.39 is 13.5 Å². The Balaban J connectivity index is 2.29. The van der Waals surface area contributed by atoms with E-state index in [9.17, 15) is 0 Å². The molecule has 3 rings (SSSR count). The average molecular weight is 405 g/mol. The van der Waals surface area contributed by atoms with Crippen LogP contribution in [-0.2, 0) is 13.5 Å². The van der Waals surface area contributed by atoms with Gasteiger partial charge in [-0.15, -0.1) is 0 Å². The molecule has 0 saturated heterocycles. The number of allylic oxidation sites excluding steroid dienone is 1. The van der Waals surface area contributed by atoms with E-state index in [4.69, 9.17) is 24.1 Å². The molecule has 0 aromatic heterocycles. The maximum absolute atomic E-state index is 6.28. The van der Waals surface area contributed by atoms with Gasteiger partial charge < -0.3 is 0 Å². The summed E-state index contributed by atoms with van der Waals surface area (Å²) in [5, 5.41) is 0. The number of fused-ring (bicyclic) bond motifs is 1. The van der Waals surface area contributed by atoms with Crippen LogP contribution < -0.4 is 4.74 Å². The van der Waals surface area contributed by atoms with Crippen LogP contribution in [0.3, 0.4) is 0 Å². The molecule has 0 unspecified atom stereocenters. The summed E-state index contributed by atoms with van der Waals surface area (Å²) in [6.07, 6.45) is 2.10. The number of rotatable bonds is 2. The molecule has 21 heavy (non-hydrogen) atoms. The van der Waals surface area contributed by atoms with E-state index in [-0.39, 0.29) is 0 Å². The zero-order chi connectivity index (χ0) is 15.0. The minimum absolute atomic E-state index is 0.796. The van der Waals surface area contributed by atoms with Gasteiger partial charge in [-0.1, -0.05) is 0 Å². The number of methoxy groups -OCH3 is 1. The van der Waals surface area contributed by atoms with Crippen LogP contribution in [0.1, 0.15) is 22.3 Å². The predicted molar refractivity (Wildman–Crippen MR) is 86.8 cm³/mol. The molecule has 108 valence electrons. The fourth-order valence-electron chi connectivity index (χ4n) is 2.51. The van der Waals surface area contributed by atoms with Gasteiger partial charge in [0, 0.05) is 0 Å². The molecule has 1 aliphatic rings. The van der Waals surface area contributed by atoms with Crippen molar-refractivity contribution in [3.05, 3.63) is 77.7 Å². The van der Waals surface area contributed by atoms with Crippen LogP contribution in [0.5, 0.6) is 5.75 Å². The van der Waals surface area contributed by atoms with Gasteiger partial charge in [0.1, 0.15) is 0 Å². The van der Waals surface area contributed by atoms with E-state index in [1.54, 1.807) is 7.11 Å². The van der Waals surface area contributed by atoms with Crippen LogP contribution in [0.4, 0.5) is 0 Å². The first-order valence-electron chi connectivity index (χ1n) is 6.30. The fourth-order valence-corrected chi connectivity index (χ4v) is 5.04. The Labute approximate surface area is 137 Å². The molecule has 2 aromatic carbocycles. The fraction of sp³-hybridized carbons (Fsp3) is 0.0588. The monoisotopic (exact) mass is 405 g/mol. The standard InChI is InChI=1S/C17H13O.2ClH.Ru/c1-12-10-14(18-2)11-17-15(12)8-9-16(17)13-6-4-3-5-7-13;;;/h3-7,9-11H,1H2,2H3;2*1H;/q+1;;;+2/p-2. The van der Waals surface area contributed by atoms with Crippen molar-refractivity contribution in [3.8, 4) is 5.75 Å². The van der Waals surface area contributed by atoms with Gasteiger partial charge in [-0.05, 0) is 0 Å². The summed E-state index contributed by atoms with van der Waals surface area (Å²) in [7, 11) is 14.2. The Hall–Kier alpha value is -1.08. The van der Waals surface area contributed by atoms with Crippen LogP contribution in [0.25, 0.3) is 5.57 Å². The van der Waals surface area contributed by atoms with E-state index in [1.165, 1.54) is 0 Å². The van der Waals surface area contributed by atoms with E-state index in [0.29, 0.717) is 0 Å². The van der Waals surface area contributed by atoms with Crippen molar-refractivity contribution in [2.75, 3.05) is 7.11 Å². The van der Waals surface area contributed by atoms with Gasteiger partial charge in [-0.3, -0.25) is 0 Å². The first kappa shape index (κ1) is 14.8. The van der Waals surface area contributed by atoms with Crippen LogP contribution in [-0.4, -0.2) is 11.2 Å². The second-order valence-electron chi connectivity index (χ2n) is 4.65. The third-order valence-corrected chi connectivity index (χ3v) is 6.55. The molecular formula is C17H13Cl2ORu+. The quantitative estimate of drug-likeness (QED) is 0.517. The van der Waals surface area contributed by atoms with Crippen LogP contribution in [0, 0.1) is 6.92 Å². The summed E-state index contributed by atoms with van der Waals surface area (Å²) in [5.41, 5.74) is 5.34.